The lowest BCUT2D eigenvalue weighted by atomic mass is 9.82. The van der Waals surface area contributed by atoms with Crippen molar-refractivity contribution in [1.29, 1.82) is 0 Å². The van der Waals surface area contributed by atoms with Crippen molar-refractivity contribution in [3.05, 3.63) is 65.0 Å². The first-order valence-corrected chi connectivity index (χ1v) is 13.1. The maximum absolute atomic E-state index is 13.9. The second kappa shape index (κ2) is 10.4. The summed E-state index contributed by atoms with van der Waals surface area (Å²) in [6, 6.07) is 10.8. The summed E-state index contributed by atoms with van der Waals surface area (Å²) >= 11 is 0. The Hall–Kier alpha value is -4.15. The first-order chi connectivity index (χ1) is 19.0. The molecule has 2 aromatic carbocycles. The van der Waals surface area contributed by atoms with E-state index in [4.69, 9.17) is 4.74 Å². The molecule has 40 heavy (non-hydrogen) atoms. The van der Waals surface area contributed by atoms with Crippen LogP contribution in [0.25, 0.3) is 0 Å². The molecule has 3 aromatic rings. The standard InChI is InChI=1S/C29H30F3N5O3/c1-28(2)25-17(5-4-6-23(25)34-26(28)39)7-9-21-20(29(30,31)32)16-33-27(35-21)36-22-10-8-18(15-24(22)40-3)37-13-11-19(38)12-14-37/h4-6,8,10,15-16H,7,9,11-14H2,1-3H3,(H,34,39)(H,33,35,36). The minimum Gasteiger partial charge on any atom is -0.494 e. The minimum absolute atomic E-state index is 0.00345. The molecule has 1 amide bonds. The summed E-state index contributed by atoms with van der Waals surface area (Å²) in [5.41, 5.74) is 1.81. The Morgan fingerprint density at radius 1 is 1.10 bits per heavy atom. The van der Waals surface area contributed by atoms with Gasteiger partial charge in [-0.3, -0.25) is 9.59 Å². The first kappa shape index (κ1) is 27.4. The van der Waals surface area contributed by atoms with Crippen molar-refractivity contribution in [3.8, 4) is 5.75 Å². The summed E-state index contributed by atoms with van der Waals surface area (Å²) in [4.78, 5) is 34.3. The van der Waals surface area contributed by atoms with Crippen LogP contribution in [0.4, 0.5) is 36.2 Å². The lowest BCUT2D eigenvalue weighted by Crippen LogP contribution is -2.33. The number of fused-ring (bicyclic) bond motifs is 1. The normalized spacial score (nSPS) is 16.5. The third kappa shape index (κ3) is 5.32. The molecule has 0 atom stereocenters. The fraction of sp³-hybridized carbons (Fsp3) is 0.379. The third-order valence-electron chi connectivity index (χ3n) is 7.51. The van der Waals surface area contributed by atoms with Crippen LogP contribution in [0.15, 0.2) is 42.6 Å². The van der Waals surface area contributed by atoms with Gasteiger partial charge in [0, 0.05) is 49.6 Å². The predicted molar refractivity (Wildman–Crippen MR) is 145 cm³/mol. The number of nitrogens with one attached hydrogen (secondary N) is 2. The number of carbonyl (C=O) groups excluding carboxylic acids is 2. The van der Waals surface area contributed by atoms with Gasteiger partial charge in [0.2, 0.25) is 11.9 Å². The van der Waals surface area contributed by atoms with Crippen molar-refractivity contribution in [2.24, 2.45) is 0 Å². The second-order valence-corrected chi connectivity index (χ2v) is 10.5. The van der Waals surface area contributed by atoms with Gasteiger partial charge in [-0.05, 0) is 56.0 Å². The van der Waals surface area contributed by atoms with E-state index in [9.17, 15) is 22.8 Å². The van der Waals surface area contributed by atoms with Gasteiger partial charge in [0.25, 0.3) is 0 Å². The number of Topliss-reactive ketones (excluding diaryl/α,β-unsaturated/α-hetero) is 1. The molecule has 0 unspecified atom stereocenters. The Kier molecular flexibility index (Phi) is 7.16. The number of carbonyl (C=O) groups is 2. The van der Waals surface area contributed by atoms with Crippen LogP contribution in [0.5, 0.6) is 5.75 Å². The maximum Gasteiger partial charge on any atom is 0.419 e. The van der Waals surface area contributed by atoms with Crippen molar-refractivity contribution >= 4 is 34.7 Å². The van der Waals surface area contributed by atoms with E-state index in [0.717, 1.165) is 23.0 Å². The van der Waals surface area contributed by atoms with E-state index in [2.05, 4.69) is 25.5 Å². The van der Waals surface area contributed by atoms with Gasteiger partial charge in [-0.1, -0.05) is 12.1 Å². The fourth-order valence-corrected chi connectivity index (χ4v) is 5.32. The number of methoxy groups -OCH3 is 1. The summed E-state index contributed by atoms with van der Waals surface area (Å²) in [5, 5.41) is 5.85. The largest absolute Gasteiger partial charge is 0.494 e. The number of aromatic nitrogens is 2. The Bertz CT molecular complexity index is 1460. The maximum atomic E-state index is 13.9. The van der Waals surface area contributed by atoms with E-state index >= 15 is 0 Å². The molecule has 11 heteroatoms. The number of piperidine rings is 1. The van der Waals surface area contributed by atoms with Gasteiger partial charge in [0.05, 0.1) is 29.5 Å². The molecule has 3 heterocycles. The highest BCUT2D eigenvalue weighted by Crippen LogP contribution is 2.40. The number of ketones is 1. The van der Waals surface area contributed by atoms with E-state index < -0.39 is 17.2 Å². The Morgan fingerprint density at radius 3 is 2.55 bits per heavy atom. The number of rotatable bonds is 7. The van der Waals surface area contributed by atoms with Gasteiger partial charge in [0.1, 0.15) is 11.5 Å². The number of anilines is 4. The minimum atomic E-state index is -4.63. The number of halogens is 3. The zero-order chi connectivity index (χ0) is 28.7. The number of alkyl halides is 3. The van der Waals surface area contributed by atoms with Crippen LogP contribution in [0.1, 0.15) is 49.1 Å². The van der Waals surface area contributed by atoms with Crippen LogP contribution in [-0.4, -0.2) is 41.9 Å². The summed E-state index contributed by atoms with van der Waals surface area (Å²) in [7, 11) is 1.50. The smallest absolute Gasteiger partial charge is 0.419 e. The van der Waals surface area contributed by atoms with Crippen LogP contribution in [-0.2, 0) is 34.0 Å². The molecule has 0 spiro atoms. The van der Waals surface area contributed by atoms with Gasteiger partial charge in [0.15, 0.2) is 0 Å². The molecule has 1 saturated heterocycles. The summed E-state index contributed by atoms with van der Waals surface area (Å²) in [6.07, 6.45) is -2.60. The molecule has 2 aliphatic heterocycles. The van der Waals surface area contributed by atoms with E-state index in [1.54, 1.807) is 32.0 Å². The average molecular weight is 554 g/mol. The highest BCUT2D eigenvalue weighted by atomic mass is 19.4. The highest BCUT2D eigenvalue weighted by molar-refractivity contribution is 6.06. The van der Waals surface area contributed by atoms with Crippen molar-refractivity contribution in [1.82, 2.24) is 9.97 Å². The molecule has 8 nitrogen and oxygen atoms in total. The lowest BCUT2D eigenvalue weighted by Gasteiger charge is -2.28. The van der Waals surface area contributed by atoms with Crippen molar-refractivity contribution in [2.75, 3.05) is 35.7 Å². The van der Waals surface area contributed by atoms with Gasteiger partial charge < -0.3 is 20.3 Å². The Labute approximate surface area is 230 Å². The van der Waals surface area contributed by atoms with Crippen LogP contribution in [0.3, 0.4) is 0 Å². The molecular weight excluding hydrogens is 523 g/mol. The molecule has 1 aromatic heterocycles. The third-order valence-corrected chi connectivity index (χ3v) is 7.51. The zero-order valence-corrected chi connectivity index (χ0v) is 22.5. The SMILES string of the molecule is COc1cc(N2CCC(=O)CC2)ccc1Nc1ncc(C(F)(F)F)c(CCc2cccc3c2C(C)(C)C(=O)N3)n1. The van der Waals surface area contributed by atoms with Gasteiger partial charge in [-0.15, -0.1) is 0 Å². The number of amides is 1. The molecule has 0 saturated carbocycles. The van der Waals surface area contributed by atoms with Crippen LogP contribution in [0, 0.1) is 0 Å². The quantitative estimate of drug-likeness (QED) is 0.403. The molecule has 1 fully saturated rings. The summed E-state index contributed by atoms with van der Waals surface area (Å²) in [6.45, 7) is 4.84. The number of aryl methyl sites for hydroxylation is 2. The topological polar surface area (TPSA) is 96.5 Å². The van der Waals surface area contributed by atoms with E-state index in [1.165, 1.54) is 7.11 Å². The molecule has 5 rings (SSSR count). The monoisotopic (exact) mass is 553 g/mol. The number of hydrogen-bond donors (Lipinski definition) is 2. The van der Waals surface area contributed by atoms with Gasteiger partial charge in [-0.2, -0.15) is 13.2 Å². The summed E-state index contributed by atoms with van der Waals surface area (Å²) in [5.74, 6) is 0.572. The van der Waals surface area contributed by atoms with Crippen LogP contribution < -0.4 is 20.3 Å². The van der Waals surface area contributed by atoms with Gasteiger partial charge in [-0.25, -0.2) is 9.97 Å². The number of benzene rings is 2. The van der Waals surface area contributed by atoms with Gasteiger partial charge >= 0.3 is 6.18 Å². The number of hydrogen-bond acceptors (Lipinski definition) is 7. The lowest BCUT2D eigenvalue weighted by molar-refractivity contribution is -0.138. The van der Waals surface area contributed by atoms with E-state index in [1.807, 2.05) is 18.2 Å². The number of nitrogens with zero attached hydrogens (tertiary/aromatic N) is 3. The van der Waals surface area contributed by atoms with Crippen molar-refractivity contribution in [2.45, 2.75) is 51.1 Å². The molecule has 210 valence electrons. The van der Waals surface area contributed by atoms with Crippen molar-refractivity contribution < 1.29 is 27.5 Å². The van der Waals surface area contributed by atoms with Crippen LogP contribution in [0.2, 0.25) is 0 Å². The zero-order valence-electron chi connectivity index (χ0n) is 22.5. The molecule has 0 radical (unpaired) electrons. The Balaban J connectivity index is 1.40. The molecule has 2 N–H and O–H groups in total. The number of ether oxygens (including phenoxy) is 1. The fourth-order valence-electron chi connectivity index (χ4n) is 5.32. The van der Waals surface area contributed by atoms with Crippen molar-refractivity contribution in [3.63, 3.8) is 0 Å². The molecule has 2 aliphatic rings. The molecule has 0 bridgehead atoms. The van der Waals surface area contributed by atoms with E-state index in [-0.39, 0.29) is 36.2 Å². The second-order valence-electron chi connectivity index (χ2n) is 10.5. The van der Waals surface area contributed by atoms with Crippen LogP contribution >= 0.6 is 0 Å². The Morgan fingerprint density at radius 2 is 1.85 bits per heavy atom. The highest BCUT2D eigenvalue weighted by Gasteiger charge is 2.40. The molecule has 0 aliphatic carbocycles. The predicted octanol–water partition coefficient (Wildman–Crippen LogP) is 5.43. The van der Waals surface area contributed by atoms with E-state index in [0.29, 0.717) is 43.1 Å². The average Bonchev–Trinajstić information content (AvgIpc) is 3.15. The molecular formula is C29H30F3N5O3. The first-order valence-electron chi connectivity index (χ1n) is 13.1. The summed E-state index contributed by atoms with van der Waals surface area (Å²) < 4.78 is 47.2.